The molecule has 2 aromatic heterocycles. The molecule has 256 valence electrons. The summed E-state index contributed by atoms with van der Waals surface area (Å²) in [5.41, 5.74) is 13.5. The molecule has 0 amide bonds. The monoisotopic (exact) mass is 692 g/mol. The number of hydrogen-bond acceptors (Lipinski definition) is 2. The second-order valence-electron chi connectivity index (χ2n) is 13.5. The van der Waals surface area contributed by atoms with Gasteiger partial charge in [0.05, 0.1) is 22.1 Å². The van der Waals surface area contributed by atoms with Crippen molar-refractivity contribution in [2.24, 2.45) is 0 Å². The summed E-state index contributed by atoms with van der Waals surface area (Å²) in [7, 11) is 0. The van der Waals surface area contributed by atoms with Gasteiger partial charge in [0.1, 0.15) is 0 Å². The Balaban J connectivity index is 1.31. The predicted octanol–water partition coefficient (Wildman–Crippen LogP) is 13.7. The van der Waals surface area contributed by atoms with Gasteiger partial charge in [-0.25, -0.2) is 0 Å². The summed E-state index contributed by atoms with van der Waals surface area (Å²) in [5.74, 6) is 0. The number of hydrogen-bond donors (Lipinski definition) is 0. The molecule has 0 aliphatic heterocycles. The normalized spacial score (nSPS) is 11.3. The van der Waals surface area contributed by atoms with Crippen LogP contribution in [0.2, 0.25) is 0 Å². The SMILES string of the molecule is c1ccc(N(c2ccccc2)c2ccc3c(c2)c2c(c4ccc(N(c5ccccc5)c5ccccc5)cc4n2-c2ccccc2)n3-c2ccccc2)cc1. The molecule has 0 atom stereocenters. The number of fused-ring (bicyclic) bond motifs is 5. The molecule has 0 unspecified atom stereocenters. The number of benzene rings is 8. The molecule has 0 aliphatic rings. The van der Waals surface area contributed by atoms with Gasteiger partial charge in [0.15, 0.2) is 0 Å². The zero-order valence-electron chi connectivity index (χ0n) is 29.6. The van der Waals surface area contributed by atoms with E-state index in [9.17, 15) is 0 Å². The standard InChI is InChI=1S/C50H36N4/c1-7-19-37(20-8-1)51(38-21-9-2-10-22-38)43-32-34-47-46(35-43)50-49(53(47)41-27-15-5-16-28-41)45-33-31-44(36-48(45)54(50)42-29-17-6-18-30-42)52(39-23-11-3-12-24-39)40-25-13-4-14-26-40/h1-36H. The second kappa shape index (κ2) is 13.4. The number of anilines is 6. The smallest absolute Gasteiger partial charge is 0.0804 e. The maximum atomic E-state index is 2.46. The third kappa shape index (κ3) is 5.32. The minimum atomic E-state index is 1.09. The molecular weight excluding hydrogens is 657 g/mol. The van der Waals surface area contributed by atoms with Crippen LogP contribution in [0.3, 0.4) is 0 Å². The van der Waals surface area contributed by atoms with E-state index in [0.29, 0.717) is 0 Å². The Hall–Kier alpha value is -7.30. The summed E-state index contributed by atoms with van der Waals surface area (Å²) in [6, 6.07) is 77.9. The fraction of sp³-hybridized carbons (Fsp3) is 0. The summed E-state index contributed by atoms with van der Waals surface area (Å²) in [5, 5.41) is 2.36. The van der Waals surface area contributed by atoms with Gasteiger partial charge in [0.25, 0.3) is 0 Å². The minimum absolute atomic E-state index is 1.09. The minimum Gasteiger partial charge on any atom is -0.310 e. The van der Waals surface area contributed by atoms with E-state index >= 15 is 0 Å². The molecule has 2 heterocycles. The summed E-state index contributed by atoms with van der Waals surface area (Å²) >= 11 is 0. The first-order valence-electron chi connectivity index (χ1n) is 18.4. The Morgan fingerprint density at radius 3 is 1.06 bits per heavy atom. The van der Waals surface area contributed by atoms with Crippen LogP contribution in [0.5, 0.6) is 0 Å². The van der Waals surface area contributed by atoms with Crippen molar-refractivity contribution >= 4 is 67.0 Å². The van der Waals surface area contributed by atoms with Crippen LogP contribution in [-0.4, -0.2) is 9.13 Å². The Morgan fingerprint density at radius 2 is 0.611 bits per heavy atom. The fourth-order valence-electron chi connectivity index (χ4n) is 7.93. The van der Waals surface area contributed by atoms with Crippen LogP contribution >= 0.6 is 0 Å². The van der Waals surface area contributed by atoms with Crippen molar-refractivity contribution in [3.63, 3.8) is 0 Å². The highest BCUT2D eigenvalue weighted by atomic mass is 15.2. The number of para-hydroxylation sites is 6. The molecule has 10 aromatic rings. The van der Waals surface area contributed by atoms with Gasteiger partial charge in [0.2, 0.25) is 0 Å². The maximum Gasteiger partial charge on any atom is 0.0804 e. The van der Waals surface area contributed by atoms with Crippen molar-refractivity contribution in [1.29, 1.82) is 0 Å². The van der Waals surface area contributed by atoms with E-state index in [1.165, 1.54) is 21.8 Å². The van der Waals surface area contributed by atoms with Gasteiger partial charge >= 0.3 is 0 Å². The quantitative estimate of drug-likeness (QED) is 0.158. The van der Waals surface area contributed by atoms with Crippen molar-refractivity contribution < 1.29 is 0 Å². The highest BCUT2D eigenvalue weighted by Crippen LogP contribution is 2.45. The van der Waals surface area contributed by atoms with Crippen LogP contribution in [0.15, 0.2) is 218 Å². The lowest BCUT2D eigenvalue weighted by molar-refractivity contribution is 1.17. The van der Waals surface area contributed by atoms with Gasteiger partial charge in [-0.05, 0) is 109 Å². The fourth-order valence-corrected chi connectivity index (χ4v) is 7.93. The van der Waals surface area contributed by atoms with Crippen LogP contribution in [0, 0.1) is 0 Å². The Labute approximate surface area is 314 Å². The molecule has 0 N–H and O–H groups in total. The molecule has 0 saturated carbocycles. The predicted molar refractivity (Wildman–Crippen MR) is 227 cm³/mol. The molecule has 4 nitrogen and oxygen atoms in total. The van der Waals surface area contributed by atoms with Gasteiger partial charge in [-0.15, -0.1) is 0 Å². The van der Waals surface area contributed by atoms with E-state index < -0.39 is 0 Å². The van der Waals surface area contributed by atoms with Crippen LogP contribution in [0.4, 0.5) is 34.1 Å². The van der Waals surface area contributed by atoms with Gasteiger partial charge in [-0.2, -0.15) is 0 Å². The maximum absolute atomic E-state index is 2.46. The Kier molecular flexibility index (Phi) is 7.77. The van der Waals surface area contributed by atoms with Crippen molar-refractivity contribution in [2.45, 2.75) is 0 Å². The topological polar surface area (TPSA) is 16.3 Å². The number of aromatic nitrogens is 2. The molecule has 0 bridgehead atoms. The summed E-state index contributed by atoms with van der Waals surface area (Å²) in [4.78, 5) is 4.68. The number of nitrogens with zero attached hydrogens (tertiary/aromatic N) is 4. The molecule has 54 heavy (non-hydrogen) atoms. The molecule has 0 radical (unpaired) electrons. The van der Waals surface area contributed by atoms with E-state index in [-0.39, 0.29) is 0 Å². The van der Waals surface area contributed by atoms with E-state index in [1.807, 2.05) is 0 Å². The molecule has 8 aromatic carbocycles. The van der Waals surface area contributed by atoms with Crippen molar-refractivity contribution in [3.8, 4) is 11.4 Å². The zero-order chi connectivity index (χ0) is 35.8. The van der Waals surface area contributed by atoms with E-state index in [2.05, 4.69) is 237 Å². The van der Waals surface area contributed by atoms with Gasteiger partial charge in [0, 0.05) is 56.3 Å². The Morgan fingerprint density at radius 1 is 0.259 bits per heavy atom. The van der Waals surface area contributed by atoms with E-state index in [1.54, 1.807) is 0 Å². The van der Waals surface area contributed by atoms with Crippen LogP contribution in [0.1, 0.15) is 0 Å². The zero-order valence-corrected chi connectivity index (χ0v) is 29.6. The highest BCUT2D eigenvalue weighted by molar-refractivity contribution is 6.21. The second-order valence-corrected chi connectivity index (χ2v) is 13.5. The molecular formula is C50H36N4. The average molecular weight is 693 g/mol. The van der Waals surface area contributed by atoms with Crippen molar-refractivity contribution in [2.75, 3.05) is 9.80 Å². The van der Waals surface area contributed by atoms with Crippen molar-refractivity contribution in [3.05, 3.63) is 218 Å². The molecule has 4 heteroatoms. The van der Waals surface area contributed by atoms with E-state index in [0.717, 1.165) is 56.5 Å². The first kappa shape index (κ1) is 31.4. The molecule has 0 spiro atoms. The van der Waals surface area contributed by atoms with Crippen LogP contribution in [-0.2, 0) is 0 Å². The lowest BCUT2D eigenvalue weighted by atomic mass is 10.1. The van der Waals surface area contributed by atoms with Gasteiger partial charge in [-0.1, -0.05) is 109 Å². The molecule has 0 aliphatic carbocycles. The van der Waals surface area contributed by atoms with Crippen LogP contribution in [0.25, 0.3) is 44.2 Å². The third-order valence-corrected chi connectivity index (χ3v) is 10.2. The molecule has 10 rings (SSSR count). The summed E-state index contributed by atoms with van der Waals surface area (Å²) < 4.78 is 4.90. The largest absolute Gasteiger partial charge is 0.310 e. The lowest BCUT2D eigenvalue weighted by Gasteiger charge is -2.26. The first-order valence-corrected chi connectivity index (χ1v) is 18.4. The van der Waals surface area contributed by atoms with Gasteiger partial charge in [-0.3, -0.25) is 0 Å². The Bertz CT molecular complexity index is 2770. The lowest BCUT2D eigenvalue weighted by Crippen LogP contribution is -2.10. The van der Waals surface area contributed by atoms with Crippen LogP contribution < -0.4 is 9.80 Å². The van der Waals surface area contributed by atoms with E-state index in [4.69, 9.17) is 0 Å². The average Bonchev–Trinajstić information content (AvgIpc) is 3.75. The third-order valence-electron chi connectivity index (χ3n) is 10.2. The number of rotatable bonds is 8. The summed E-state index contributed by atoms with van der Waals surface area (Å²) in [6.07, 6.45) is 0. The molecule has 0 fully saturated rings. The molecule has 0 saturated heterocycles. The highest BCUT2D eigenvalue weighted by Gasteiger charge is 2.25. The first-order chi connectivity index (χ1) is 26.8. The van der Waals surface area contributed by atoms with Crippen molar-refractivity contribution in [1.82, 2.24) is 9.13 Å². The van der Waals surface area contributed by atoms with Gasteiger partial charge < -0.3 is 18.9 Å². The summed E-state index contributed by atoms with van der Waals surface area (Å²) in [6.45, 7) is 0.